The summed E-state index contributed by atoms with van der Waals surface area (Å²) in [5.41, 5.74) is 0. The third-order valence-corrected chi connectivity index (χ3v) is 3.32. The molecular weight excluding hydrogens is 244 g/mol. The van der Waals surface area contributed by atoms with Crippen molar-refractivity contribution in [1.29, 1.82) is 0 Å². The van der Waals surface area contributed by atoms with Gasteiger partial charge in [-0.3, -0.25) is 4.79 Å². The second-order valence-electron chi connectivity index (χ2n) is 5.00. The van der Waals surface area contributed by atoms with Gasteiger partial charge in [-0.25, -0.2) is 0 Å². The van der Waals surface area contributed by atoms with Gasteiger partial charge >= 0.3 is 0 Å². The van der Waals surface area contributed by atoms with Crippen molar-refractivity contribution in [2.24, 2.45) is 0 Å². The minimum Gasteiger partial charge on any atom is -0.383 e. The molecule has 2 N–H and O–H groups in total. The Morgan fingerprint density at radius 2 is 1.95 bits per heavy atom. The molecule has 1 fully saturated rings. The van der Waals surface area contributed by atoms with Gasteiger partial charge in [0.2, 0.25) is 5.91 Å². The first-order valence-corrected chi connectivity index (χ1v) is 7.41. The van der Waals surface area contributed by atoms with Gasteiger partial charge in [0.05, 0.1) is 19.3 Å². The van der Waals surface area contributed by atoms with Crippen LogP contribution >= 0.6 is 0 Å². The number of hydrogen-bond acceptors (Lipinski definition) is 4. The highest BCUT2D eigenvalue weighted by Crippen LogP contribution is 2.20. The molecule has 0 aromatic heterocycles. The quantitative estimate of drug-likeness (QED) is 0.584. The van der Waals surface area contributed by atoms with E-state index in [0.29, 0.717) is 32.3 Å². The molecule has 1 rings (SSSR count). The zero-order chi connectivity index (χ0) is 13.8. The predicted octanol–water partition coefficient (Wildman–Crippen LogP) is 1.08. The lowest BCUT2D eigenvalue weighted by atomic mass is 9.98. The van der Waals surface area contributed by atoms with Crippen molar-refractivity contribution >= 4 is 5.91 Å². The van der Waals surface area contributed by atoms with Crippen LogP contribution in [0.1, 0.15) is 38.5 Å². The Labute approximate surface area is 116 Å². The van der Waals surface area contributed by atoms with Crippen molar-refractivity contribution in [2.45, 2.75) is 44.6 Å². The molecule has 0 atom stereocenters. The number of carbonyl (C=O) groups excluding carboxylic acids is 1. The van der Waals surface area contributed by atoms with E-state index in [9.17, 15) is 4.79 Å². The number of amides is 1. The first kappa shape index (κ1) is 16.4. The number of hydrogen-bond donors (Lipinski definition) is 2. The molecule has 1 amide bonds. The van der Waals surface area contributed by atoms with E-state index in [4.69, 9.17) is 9.47 Å². The van der Waals surface area contributed by atoms with Crippen molar-refractivity contribution in [2.75, 3.05) is 40.0 Å². The largest absolute Gasteiger partial charge is 0.383 e. The Bertz CT molecular complexity index is 231. The Balaban J connectivity index is 1.85. The van der Waals surface area contributed by atoms with E-state index in [-0.39, 0.29) is 5.91 Å². The highest BCUT2D eigenvalue weighted by Gasteiger charge is 2.12. The first-order chi connectivity index (χ1) is 9.33. The van der Waals surface area contributed by atoms with Crippen LogP contribution in [0.25, 0.3) is 0 Å². The molecule has 0 radical (unpaired) electrons. The highest BCUT2D eigenvalue weighted by molar-refractivity contribution is 5.77. The Kier molecular flexibility index (Phi) is 9.67. The van der Waals surface area contributed by atoms with Gasteiger partial charge in [0.15, 0.2) is 0 Å². The van der Waals surface area contributed by atoms with E-state index in [1.54, 1.807) is 7.11 Å². The van der Waals surface area contributed by atoms with Crippen molar-refractivity contribution in [3.05, 3.63) is 0 Å². The first-order valence-electron chi connectivity index (χ1n) is 7.41. The summed E-state index contributed by atoms with van der Waals surface area (Å²) in [5, 5.41) is 5.89. The second kappa shape index (κ2) is 11.2. The number of nitrogens with one attached hydrogen (secondary N) is 2. The molecule has 0 spiro atoms. The topological polar surface area (TPSA) is 59.6 Å². The summed E-state index contributed by atoms with van der Waals surface area (Å²) in [5.74, 6) is 0.0359. The summed E-state index contributed by atoms with van der Waals surface area (Å²) in [4.78, 5) is 11.4. The third kappa shape index (κ3) is 8.97. The van der Waals surface area contributed by atoms with E-state index in [1.165, 1.54) is 32.1 Å². The summed E-state index contributed by atoms with van der Waals surface area (Å²) in [6.07, 6.45) is 7.71. The van der Waals surface area contributed by atoms with Crippen molar-refractivity contribution in [3.63, 3.8) is 0 Å². The summed E-state index contributed by atoms with van der Waals surface area (Å²) in [7, 11) is 1.65. The smallest absolute Gasteiger partial charge is 0.233 e. The monoisotopic (exact) mass is 272 g/mol. The maximum Gasteiger partial charge on any atom is 0.233 e. The highest BCUT2D eigenvalue weighted by atomic mass is 16.5. The maximum absolute atomic E-state index is 11.4. The van der Waals surface area contributed by atoms with Gasteiger partial charge in [-0.1, -0.05) is 19.3 Å². The Hall–Kier alpha value is -0.650. The van der Waals surface area contributed by atoms with Crippen LogP contribution in [0.3, 0.4) is 0 Å². The van der Waals surface area contributed by atoms with Gasteiger partial charge in [-0.15, -0.1) is 0 Å². The summed E-state index contributed by atoms with van der Waals surface area (Å²) in [6, 6.07) is 0. The van der Waals surface area contributed by atoms with Crippen molar-refractivity contribution < 1.29 is 14.3 Å². The SMILES string of the molecule is COCCNCC(=O)NCCCOC1CCCCC1. The van der Waals surface area contributed by atoms with E-state index >= 15 is 0 Å². The zero-order valence-electron chi connectivity index (χ0n) is 12.1. The lowest BCUT2D eigenvalue weighted by Gasteiger charge is -2.21. The fourth-order valence-electron chi connectivity index (χ4n) is 2.22. The van der Waals surface area contributed by atoms with Crippen molar-refractivity contribution in [3.8, 4) is 0 Å². The van der Waals surface area contributed by atoms with Crippen LogP contribution in [0.4, 0.5) is 0 Å². The molecule has 0 heterocycles. The molecular formula is C14H28N2O3. The normalized spacial score (nSPS) is 16.5. The van der Waals surface area contributed by atoms with Crippen LogP contribution in [-0.4, -0.2) is 52.0 Å². The van der Waals surface area contributed by atoms with Gasteiger partial charge in [0, 0.05) is 26.8 Å². The molecule has 1 saturated carbocycles. The van der Waals surface area contributed by atoms with Crippen LogP contribution in [0.5, 0.6) is 0 Å². The van der Waals surface area contributed by atoms with Crippen LogP contribution in [0.2, 0.25) is 0 Å². The number of rotatable bonds is 10. The minimum atomic E-state index is 0.0359. The van der Waals surface area contributed by atoms with Crippen LogP contribution in [-0.2, 0) is 14.3 Å². The van der Waals surface area contributed by atoms with E-state index < -0.39 is 0 Å². The van der Waals surface area contributed by atoms with Crippen LogP contribution < -0.4 is 10.6 Å². The molecule has 0 unspecified atom stereocenters. The molecule has 0 aromatic rings. The zero-order valence-corrected chi connectivity index (χ0v) is 12.1. The average Bonchev–Trinajstić information content (AvgIpc) is 2.44. The predicted molar refractivity (Wildman–Crippen MR) is 75.2 cm³/mol. The van der Waals surface area contributed by atoms with E-state index in [2.05, 4.69) is 10.6 Å². The van der Waals surface area contributed by atoms with E-state index in [0.717, 1.165) is 13.0 Å². The molecule has 0 aromatic carbocycles. The number of methoxy groups -OCH3 is 1. The van der Waals surface area contributed by atoms with Crippen LogP contribution in [0, 0.1) is 0 Å². The lowest BCUT2D eigenvalue weighted by molar-refractivity contribution is -0.120. The molecule has 0 bridgehead atoms. The molecule has 19 heavy (non-hydrogen) atoms. The maximum atomic E-state index is 11.4. The van der Waals surface area contributed by atoms with Gasteiger partial charge in [0.1, 0.15) is 0 Å². The summed E-state index contributed by atoms with van der Waals surface area (Å²) < 4.78 is 10.7. The Morgan fingerprint density at radius 1 is 1.16 bits per heavy atom. The summed E-state index contributed by atoms with van der Waals surface area (Å²) >= 11 is 0. The standard InChI is InChI=1S/C14H28N2O3/c1-18-11-9-15-12-14(17)16-8-5-10-19-13-6-3-2-4-7-13/h13,15H,2-12H2,1H3,(H,16,17). The van der Waals surface area contributed by atoms with E-state index in [1.807, 2.05) is 0 Å². The molecule has 5 heteroatoms. The summed E-state index contributed by atoms with van der Waals surface area (Å²) in [6.45, 7) is 3.13. The fourth-order valence-corrected chi connectivity index (χ4v) is 2.22. The fraction of sp³-hybridized carbons (Fsp3) is 0.929. The average molecular weight is 272 g/mol. The third-order valence-electron chi connectivity index (χ3n) is 3.32. The van der Waals surface area contributed by atoms with Gasteiger partial charge in [-0.2, -0.15) is 0 Å². The Morgan fingerprint density at radius 3 is 2.68 bits per heavy atom. The number of carbonyl (C=O) groups is 1. The molecule has 112 valence electrons. The van der Waals surface area contributed by atoms with Gasteiger partial charge in [-0.05, 0) is 19.3 Å². The van der Waals surface area contributed by atoms with Crippen LogP contribution in [0.15, 0.2) is 0 Å². The second-order valence-corrected chi connectivity index (χ2v) is 5.00. The molecule has 0 aliphatic heterocycles. The molecule has 0 saturated heterocycles. The molecule has 5 nitrogen and oxygen atoms in total. The minimum absolute atomic E-state index is 0.0359. The number of ether oxygens (including phenoxy) is 2. The molecule has 1 aliphatic carbocycles. The lowest BCUT2D eigenvalue weighted by Crippen LogP contribution is -2.36. The van der Waals surface area contributed by atoms with Crippen molar-refractivity contribution in [1.82, 2.24) is 10.6 Å². The van der Waals surface area contributed by atoms with Gasteiger partial charge < -0.3 is 20.1 Å². The van der Waals surface area contributed by atoms with Gasteiger partial charge in [0.25, 0.3) is 0 Å². The molecule has 1 aliphatic rings.